The van der Waals surface area contributed by atoms with Crippen molar-refractivity contribution in [3.63, 3.8) is 0 Å². The highest BCUT2D eigenvalue weighted by Crippen LogP contribution is 2.45. The van der Waals surface area contributed by atoms with Crippen LogP contribution in [-0.2, 0) is 0 Å². The third kappa shape index (κ3) is 1.56. The van der Waals surface area contributed by atoms with Crippen LogP contribution in [0.3, 0.4) is 0 Å². The highest BCUT2D eigenvalue weighted by atomic mass is 16.7. The second-order valence-corrected chi connectivity index (χ2v) is 4.63. The van der Waals surface area contributed by atoms with Crippen molar-refractivity contribution in [2.45, 2.75) is 0 Å². The fraction of sp³-hybridized carbons (Fsp3) is 0.133. The molecule has 2 heterocycles. The third-order valence-corrected chi connectivity index (χ3v) is 3.44. The Labute approximate surface area is 118 Å². The molecule has 0 atom stereocenters. The van der Waals surface area contributed by atoms with E-state index < -0.39 is 0 Å². The van der Waals surface area contributed by atoms with E-state index in [2.05, 4.69) is 0 Å². The van der Waals surface area contributed by atoms with Crippen molar-refractivity contribution in [2.75, 3.05) is 13.9 Å². The van der Waals surface area contributed by atoms with E-state index >= 15 is 0 Å². The van der Waals surface area contributed by atoms with Gasteiger partial charge in [-0.25, -0.2) is 0 Å². The van der Waals surface area contributed by atoms with E-state index in [1.165, 1.54) is 25.3 Å². The number of methoxy groups -OCH3 is 1. The number of aromatic hydroxyl groups is 1. The predicted octanol–water partition coefficient (Wildman–Crippen LogP) is 2.39. The Bertz CT molecular complexity index is 940. The second-order valence-electron chi connectivity index (χ2n) is 4.63. The number of fused-ring (bicyclic) bond motifs is 3. The maximum absolute atomic E-state index is 12.7. The van der Waals surface area contributed by atoms with Crippen molar-refractivity contribution in [3.05, 3.63) is 34.5 Å². The van der Waals surface area contributed by atoms with Crippen LogP contribution in [0, 0.1) is 0 Å². The molecule has 6 heteroatoms. The summed E-state index contributed by atoms with van der Waals surface area (Å²) in [5.41, 5.74) is 0.369. The molecule has 1 aliphatic heterocycles. The summed E-state index contributed by atoms with van der Waals surface area (Å²) in [5, 5.41) is 10.2. The van der Waals surface area contributed by atoms with Gasteiger partial charge < -0.3 is 23.7 Å². The predicted molar refractivity (Wildman–Crippen MR) is 74.3 cm³/mol. The molecule has 1 aromatic heterocycles. The zero-order valence-corrected chi connectivity index (χ0v) is 11.0. The zero-order valence-electron chi connectivity index (χ0n) is 11.0. The Morgan fingerprint density at radius 2 is 2.05 bits per heavy atom. The van der Waals surface area contributed by atoms with Crippen LogP contribution < -0.4 is 19.6 Å². The molecule has 3 aromatic rings. The maximum atomic E-state index is 12.7. The molecule has 0 spiro atoms. The van der Waals surface area contributed by atoms with E-state index in [0.29, 0.717) is 39.2 Å². The van der Waals surface area contributed by atoms with Gasteiger partial charge in [0.1, 0.15) is 22.3 Å². The SMILES string of the molecule is COc1c2c(cc3oc4cc(O)ccc4c(=O)c13)OCO2. The number of hydrogen-bond donors (Lipinski definition) is 1. The first-order chi connectivity index (χ1) is 10.2. The molecule has 2 aromatic carbocycles. The topological polar surface area (TPSA) is 78.1 Å². The van der Waals surface area contributed by atoms with Crippen molar-refractivity contribution in [1.82, 2.24) is 0 Å². The summed E-state index contributed by atoms with van der Waals surface area (Å²) in [6, 6.07) is 5.93. The number of rotatable bonds is 1. The van der Waals surface area contributed by atoms with Gasteiger partial charge in [-0.2, -0.15) is 0 Å². The van der Waals surface area contributed by atoms with Gasteiger partial charge in [0, 0.05) is 12.1 Å². The van der Waals surface area contributed by atoms with Gasteiger partial charge in [-0.1, -0.05) is 0 Å². The van der Waals surface area contributed by atoms with E-state index in [4.69, 9.17) is 18.6 Å². The van der Waals surface area contributed by atoms with Crippen LogP contribution in [0.4, 0.5) is 0 Å². The van der Waals surface area contributed by atoms with Crippen LogP contribution >= 0.6 is 0 Å². The molecule has 106 valence electrons. The average Bonchev–Trinajstić information content (AvgIpc) is 2.92. The standard InChI is InChI=1S/C15H10O6/c1-18-15-12-10(5-11-14(15)20-6-19-11)21-9-4-7(16)2-3-8(9)13(12)17/h2-5,16H,6H2,1H3. The van der Waals surface area contributed by atoms with Crippen molar-refractivity contribution >= 4 is 21.9 Å². The number of ether oxygens (including phenoxy) is 3. The van der Waals surface area contributed by atoms with Crippen LogP contribution in [0.25, 0.3) is 21.9 Å². The molecule has 1 aliphatic rings. The van der Waals surface area contributed by atoms with Crippen molar-refractivity contribution in [3.8, 4) is 23.0 Å². The van der Waals surface area contributed by atoms with Crippen LogP contribution in [0.5, 0.6) is 23.0 Å². The molecule has 0 unspecified atom stereocenters. The summed E-state index contributed by atoms with van der Waals surface area (Å²) in [4.78, 5) is 12.7. The Hall–Kier alpha value is -2.89. The number of phenols is 1. The lowest BCUT2D eigenvalue weighted by atomic mass is 10.1. The van der Waals surface area contributed by atoms with E-state index in [9.17, 15) is 9.90 Å². The molecule has 6 nitrogen and oxygen atoms in total. The van der Waals surface area contributed by atoms with Crippen molar-refractivity contribution in [2.24, 2.45) is 0 Å². The van der Waals surface area contributed by atoms with E-state index in [1.807, 2.05) is 0 Å². The lowest BCUT2D eigenvalue weighted by Gasteiger charge is -2.09. The minimum atomic E-state index is -0.249. The van der Waals surface area contributed by atoms with Crippen molar-refractivity contribution < 1.29 is 23.7 Å². The number of hydrogen-bond acceptors (Lipinski definition) is 6. The van der Waals surface area contributed by atoms with Gasteiger partial charge in [-0.3, -0.25) is 4.79 Å². The van der Waals surface area contributed by atoms with Crippen LogP contribution in [-0.4, -0.2) is 19.0 Å². The molecule has 0 amide bonds. The monoisotopic (exact) mass is 286 g/mol. The van der Waals surface area contributed by atoms with Gasteiger partial charge >= 0.3 is 0 Å². The number of phenolic OH excluding ortho intramolecular Hbond substituents is 1. The lowest BCUT2D eigenvalue weighted by molar-refractivity contribution is 0.171. The average molecular weight is 286 g/mol. The molecule has 0 bridgehead atoms. The number of benzene rings is 2. The Balaban J connectivity index is 2.23. The smallest absolute Gasteiger partial charge is 0.231 e. The summed E-state index contributed by atoms with van der Waals surface area (Å²) in [5.74, 6) is 1.18. The zero-order chi connectivity index (χ0) is 14.6. The van der Waals surface area contributed by atoms with E-state index in [-0.39, 0.29) is 18.0 Å². The third-order valence-electron chi connectivity index (χ3n) is 3.44. The van der Waals surface area contributed by atoms with E-state index in [1.54, 1.807) is 6.07 Å². The van der Waals surface area contributed by atoms with Gasteiger partial charge in [0.2, 0.25) is 18.0 Å². The summed E-state index contributed by atoms with van der Waals surface area (Å²) in [7, 11) is 1.46. The summed E-state index contributed by atoms with van der Waals surface area (Å²) < 4.78 is 21.7. The fourth-order valence-corrected chi connectivity index (χ4v) is 2.52. The van der Waals surface area contributed by atoms with Crippen LogP contribution in [0.1, 0.15) is 0 Å². The summed E-state index contributed by atoms with van der Waals surface area (Å²) >= 11 is 0. The Morgan fingerprint density at radius 3 is 2.86 bits per heavy atom. The lowest BCUT2D eigenvalue weighted by Crippen LogP contribution is -2.04. The quantitative estimate of drug-likeness (QED) is 0.692. The molecule has 0 fully saturated rings. The molecule has 21 heavy (non-hydrogen) atoms. The maximum Gasteiger partial charge on any atom is 0.231 e. The van der Waals surface area contributed by atoms with Gasteiger partial charge in [0.25, 0.3) is 0 Å². The molecule has 0 saturated heterocycles. The fourth-order valence-electron chi connectivity index (χ4n) is 2.52. The first kappa shape index (κ1) is 11.9. The first-order valence-electron chi connectivity index (χ1n) is 6.25. The summed E-state index contributed by atoms with van der Waals surface area (Å²) in [6.07, 6.45) is 0. The molecule has 4 rings (SSSR count). The molecule has 0 aliphatic carbocycles. The molecule has 0 saturated carbocycles. The van der Waals surface area contributed by atoms with Crippen LogP contribution in [0.2, 0.25) is 0 Å². The Kier molecular flexibility index (Phi) is 2.29. The second kappa shape index (κ2) is 4.05. The minimum Gasteiger partial charge on any atom is -0.508 e. The van der Waals surface area contributed by atoms with Gasteiger partial charge in [0.15, 0.2) is 11.5 Å². The molecular formula is C15H10O6. The van der Waals surface area contributed by atoms with Crippen LogP contribution in [0.15, 0.2) is 33.5 Å². The highest BCUT2D eigenvalue weighted by Gasteiger charge is 2.25. The van der Waals surface area contributed by atoms with E-state index in [0.717, 1.165) is 0 Å². The molecule has 1 N–H and O–H groups in total. The normalized spacial score (nSPS) is 13.0. The van der Waals surface area contributed by atoms with Gasteiger partial charge in [-0.15, -0.1) is 0 Å². The largest absolute Gasteiger partial charge is 0.508 e. The van der Waals surface area contributed by atoms with Gasteiger partial charge in [-0.05, 0) is 12.1 Å². The molecule has 0 radical (unpaired) electrons. The minimum absolute atomic E-state index is 0.0257. The first-order valence-corrected chi connectivity index (χ1v) is 6.25. The highest BCUT2D eigenvalue weighted by molar-refractivity contribution is 5.96. The molecular weight excluding hydrogens is 276 g/mol. The van der Waals surface area contributed by atoms with Crippen molar-refractivity contribution in [1.29, 1.82) is 0 Å². The van der Waals surface area contributed by atoms with Gasteiger partial charge in [0.05, 0.1) is 12.5 Å². The summed E-state index contributed by atoms with van der Waals surface area (Å²) in [6.45, 7) is 0.0660. The Morgan fingerprint density at radius 1 is 1.19 bits per heavy atom.